The first-order chi connectivity index (χ1) is 16.3. The molecule has 3 aromatic heterocycles. The first kappa shape index (κ1) is 20.8. The van der Waals surface area contributed by atoms with Gasteiger partial charge in [0, 0.05) is 32.8 Å². The lowest BCUT2D eigenvalue weighted by atomic mass is 9.94. The number of anilines is 1. The summed E-state index contributed by atoms with van der Waals surface area (Å²) >= 11 is 7.36. The fourth-order valence-electron chi connectivity index (χ4n) is 4.59. The molecule has 3 heterocycles. The largest absolute Gasteiger partial charge is 0.397 e. The van der Waals surface area contributed by atoms with Gasteiger partial charge in [0.05, 0.1) is 22.6 Å². The summed E-state index contributed by atoms with van der Waals surface area (Å²) in [6.07, 6.45) is 0. The van der Waals surface area contributed by atoms with Crippen LogP contribution in [0.5, 0.6) is 0 Å². The fourth-order valence-corrected chi connectivity index (χ4v) is 5.74. The highest BCUT2D eigenvalue weighted by molar-refractivity contribution is 7.21. The van der Waals surface area contributed by atoms with E-state index in [2.05, 4.69) is 5.10 Å². The summed E-state index contributed by atoms with van der Waals surface area (Å²) in [4.78, 5) is 32.7. The molecule has 6 nitrogen and oxygen atoms in total. The summed E-state index contributed by atoms with van der Waals surface area (Å²) in [6.45, 7) is 3.65. The summed E-state index contributed by atoms with van der Waals surface area (Å²) in [5.74, 6) is -0.429. The lowest BCUT2D eigenvalue weighted by molar-refractivity contribution is 0.0946. The summed E-state index contributed by atoms with van der Waals surface area (Å²) in [5, 5.41) is 5.50. The number of nitrogens with two attached hydrogens (primary N) is 1. The minimum absolute atomic E-state index is 0.109. The Morgan fingerprint density at radius 1 is 1.03 bits per heavy atom. The Hall–Kier alpha value is -3.81. The minimum atomic E-state index is -0.319. The number of aryl methyl sites for hydroxylation is 2. The van der Waals surface area contributed by atoms with Crippen molar-refractivity contribution >= 4 is 50.5 Å². The predicted octanol–water partition coefficient (Wildman–Crippen LogP) is 5.91. The second-order valence-corrected chi connectivity index (χ2v) is 9.70. The SMILES string of the molecule is Cc1cc(C)n(C(=O)c2sc3nc4c(c(-c5ccc(Cl)cc5)c3c2N)C(=O)c2ccccc2-4)n1. The van der Waals surface area contributed by atoms with Gasteiger partial charge in [-0.1, -0.05) is 48.0 Å². The average Bonchev–Trinajstić information content (AvgIpc) is 3.44. The molecule has 1 aliphatic carbocycles. The quantitative estimate of drug-likeness (QED) is 0.330. The predicted molar refractivity (Wildman–Crippen MR) is 135 cm³/mol. The number of benzene rings is 2. The number of nitrogen functional groups attached to an aromatic ring is 1. The fraction of sp³-hybridized carbons (Fsp3) is 0.0769. The molecule has 0 unspecified atom stereocenters. The highest BCUT2D eigenvalue weighted by Gasteiger charge is 2.34. The Morgan fingerprint density at radius 3 is 2.41 bits per heavy atom. The van der Waals surface area contributed by atoms with Gasteiger partial charge in [-0.25, -0.2) is 9.67 Å². The van der Waals surface area contributed by atoms with Crippen LogP contribution < -0.4 is 5.73 Å². The Kier molecular flexibility index (Phi) is 4.49. The van der Waals surface area contributed by atoms with Crippen LogP contribution in [0, 0.1) is 13.8 Å². The van der Waals surface area contributed by atoms with E-state index in [1.165, 1.54) is 16.0 Å². The van der Waals surface area contributed by atoms with Gasteiger partial charge in [0.2, 0.25) is 0 Å². The van der Waals surface area contributed by atoms with Crippen molar-refractivity contribution in [3.8, 4) is 22.4 Å². The van der Waals surface area contributed by atoms with E-state index in [1.807, 2.05) is 50.2 Å². The Labute approximate surface area is 203 Å². The van der Waals surface area contributed by atoms with Gasteiger partial charge in [0.1, 0.15) is 9.71 Å². The van der Waals surface area contributed by atoms with Crippen LogP contribution in [0.4, 0.5) is 5.69 Å². The summed E-state index contributed by atoms with van der Waals surface area (Å²) in [7, 11) is 0. The van der Waals surface area contributed by atoms with Crippen molar-refractivity contribution in [3.05, 3.63) is 87.0 Å². The molecule has 0 saturated heterocycles. The summed E-state index contributed by atoms with van der Waals surface area (Å²) in [6, 6.07) is 16.5. The van der Waals surface area contributed by atoms with Gasteiger partial charge in [-0.3, -0.25) is 9.59 Å². The summed E-state index contributed by atoms with van der Waals surface area (Å²) < 4.78 is 1.35. The van der Waals surface area contributed by atoms with Crippen LogP contribution in [-0.2, 0) is 0 Å². The molecule has 2 N–H and O–H groups in total. The number of rotatable bonds is 2. The van der Waals surface area contributed by atoms with E-state index in [0.717, 1.165) is 22.5 Å². The number of pyridine rings is 1. The zero-order valence-corrected chi connectivity index (χ0v) is 19.8. The maximum Gasteiger partial charge on any atom is 0.290 e. The van der Waals surface area contributed by atoms with E-state index in [4.69, 9.17) is 22.3 Å². The molecule has 5 aromatic rings. The van der Waals surface area contributed by atoms with Crippen molar-refractivity contribution < 1.29 is 9.59 Å². The molecule has 0 atom stereocenters. The number of hydrogen-bond acceptors (Lipinski definition) is 6. The number of ketones is 1. The van der Waals surface area contributed by atoms with Crippen molar-refractivity contribution in [1.29, 1.82) is 0 Å². The first-order valence-corrected chi connectivity index (χ1v) is 11.8. The molecular formula is C26H17ClN4O2S. The maximum absolute atomic E-state index is 13.5. The lowest BCUT2D eigenvalue weighted by Crippen LogP contribution is -2.15. The average molecular weight is 485 g/mol. The van der Waals surface area contributed by atoms with E-state index in [0.29, 0.717) is 48.2 Å². The van der Waals surface area contributed by atoms with E-state index in [9.17, 15) is 9.59 Å². The second-order valence-electron chi connectivity index (χ2n) is 8.26. The molecule has 0 saturated carbocycles. The monoisotopic (exact) mass is 484 g/mol. The van der Waals surface area contributed by atoms with Crippen LogP contribution in [0.2, 0.25) is 5.02 Å². The van der Waals surface area contributed by atoms with Gasteiger partial charge in [-0.05, 0) is 37.6 Å². The molecule has 0 aliphatic heterocycles. The number of fused-ring (bicyclic) bond motifs is 4. The normalized spacial score (nSPS) is 12.3. The molecule has 8 heteroatoms. The molecule has 0 amide bonds. The van der Waals surface area contributed by atoms with E-state index < -0.39 is 0 Å². The molecule has 0 fully saturated rings. The molecular weight excluding hydrogens is 468 g/mol. The Bertz CT molecular complexity index is 1680. The van der Waals surface area contributed by atoms with Crippen LogP contribution in [-0.4, -0.2) is 26.5 Å². The van der Waals surface area contributed by atoms with Crippen LogP contribution in [0.1, 0.15) is 37.0 Å². The maximum atomic E-state index is 13.5. The topological polar surface area (TPSA) is 90.9 Å². The third-order valence-electron chi connectivity index (χ3n) is 6.06. The van der Waals surface area contributed by atoms with Gasteiger partial charge >= 0.3 is 0 Å². The highest BCUT2D eigenvalue weighted by Crippen LogP contribution is 2.48. The zero-order valence-electron chi connectivity index (χ0n) is 18.2. The van der Waals surface area contributed by atoms with E-state index >= 15 is 0 Å². The third kappa shape index (κ3) is 2.87. The Morgan fingerprint density at radius 2 is 1.74 bits per heavy atom. The molecule has 166 valence electrons. The molecule has 6 rings (SSSR count). The molecule has 0 bridgehead atoms. The molecule has 34 heavy (non-hydrogen) atoms. The second kappa shape index (κ2) is 7.35. The Balaban J connectivity index is 1.69. The standard InChI is InChI=1S/C26H17ClN4O2S/c1-12-11-13(2)31(30-12)26(33)24-21(28)19-18(14-7-9-15(27)10-8-14)20-22(29-25(19)34-24)16-5-3-4-6-17(16)23(20)32/h3-11H,28H2,1-2H3. The smallest absolute Gasteiger partial charge is 0.290 e. The van der Waals surface area contributed by atoms with Crippen LogP contribution in [0.25, 0.3) is 32.6 Å². The van der Waals surface area contributed by atoms with E-state index in [-0.39, 0.29) is 11.7 Å². The summed E-state index contributed by atoms with van der Waals surface area (Å²) in [5.41, 5.74) is 12.3. The van der Waals surface area contributed by atoms with Crippen molar-refractivity contribution in [2.24, 2.45) is 0 Å². The highest BCUT2D eigenvalue weighted by atomic mass is 35.5. The van der Waals surface area contributed by atoms with E-state index in [1.54, 1.807) is 18.2 Å². The third-order valence-corrected chi connectivity index (χ3v) is 7.40. The molecule has 0 spiro atoms. The van der Waals surface area contributed by atoms with Gasteiger partial charge in [0.15, 0.2) is 5.78 Å². The number of aromatic nitrogens is 3. The van der Waals surface area contributed by atoms with Crippen molar-refractivity contribution in [1.82, 2.24) is 14.8 Å². The molecule has 2 aromatic carbocycles. The minimum Gasteiger partial charge on any atom is -0.397 e. The number of carbonyl (C=O) groups excluding carboxylic acids is 2. The van der Waals surface area contributed by atoms with Crippen molar-refractivity contribution in [2.45, 2.75) is 13.8 Å². The van der Waals surface area contributed by atoms with Crippen molar-refractivity contribution in [3.63, 3.8) is 0 Å². The number of thiophene rings is 1. The van der Waals surface area contributed by atoms with Gasteiger partial charge < -0.3 is 5.73 Å². The lowest BCUT2D eigenvalue weighted by Gasteiger charge is -2.11. The first-order valence-electron chi connectivity index (χ1n) is 10.6. The number of carbonyl (C=O) groups is 2. The van der Waals surface area contributed by atoms with Gasteiger partial charge in [-0.15, -0.1) is 11.3 Å². The van der Waals surface area contributed by atoms with Gasteiger partial charge in [-0.2, -0.15) is 5.10 Å². The number of halogens is 1. The van der Waals surface area contributed by atoms with Gasteiger partial charge in [0.25, 0.3) is 5.91 Å². The van der Waals surface area contributed by atoms with Crippen LogP contribution >= 0.6 is 22.9 Å². The van der Waals surface area contributed by atoms with Crippen LogP contribution in [0.3, 0.4) is 0 Å². The van der Waals surface area contributed by atoms with Crippen molar-refractivity contribution in [2.75, 3.05) is 5.73 Å². The zero-order chi connectivity index (χ0) is 23.7. The number of hydrogen-bond donors (Lipinski definition) is 1. The number of nitrogens with zero attached hydrogens (tertiary/aromatic N) is 3. The molecule has 1 aliphatic rings. The van der Waals surface area contributed by atoms with Crippen LogP contribution in [0.15, 0.2) is 54.6 Å². The molecule has 0 radical (unpaired) electrons.